The van der Waals surface area contributed by atoms with E-state index in [0.29, 0.717) is 30.0 Å². The van der Waals surface area contributed by atoms with Crippen LogP contribution in [0.3, 0.4) is 0 Å². The number of pyridine rings is 1. The zero-order chi connectivity index (χ0) is 27.8. The van der Waals surface area contributed by atoms with Crippen LogP contribution >= 0.6 is 0 Å². The number of hydrogen-bond acceptors (Lipinski definition) is 7. The minimum atomic E-state index is -1.12. The first-order chi connectivity index (χ1) is 18.0. The van der Waals surface area contributed by atoms with E-state index in [9.17, 15) is 19.6 Å². The lowest BCUT2D eigenvalue weighted by atomic mass is 9.94. The number of nitriles is 1. The summed E-state index contributed by atoms with van der Waals surface area (Å²) in [7, 11) is 3.34. The van der Waals surface area contributed by atoms with Crippen LogP contribution in [0.2, 0.25) is 0 Å². The Bertz CT molecular complexity index is 1440. The maximum atomic E-state index is 13.0. The van der Waals surface area contributed by atoms with Crippen molar-refractivity contribution in [2.45, 2.75) is 33.2 Å². The van der Waals surface area contributed by atoms with Crippen LogP contribution in [0.1, 0.15) is 48.0 Å². The highest BCUT2D eigenvalue weighted by molar-refractivity contribution is 6.02. The fourth-order valence-electron chi connectivity index (χ4n) is 4.72. The van der Waals surface area contributed by atoms with Gasteiger partial charge in [-0.2, -0.15) is 10.4 Å². The van der Waals surface area contributed by atoms with Crippen molar-refractivity contribution < 1.29 is 14.4 Å². The smallest absolute Gasteiger partial charge is 0.271 e. The third kappa shape index (κ3) is 4.89. The van der Waals surface area contributed by atoms with E-state index in [1.807, 2.05) is 25.3 Å². The van der Waals surface area contributed by atoms with Gasteiger partial charge in [0, 0.05) is 56.7 Å². The van der Waals surface area contributed by atoms with Gasteiger partial charge >= 0.3 is 0 Å². The summed E-state index contributed by atoms with van der Waals surface area (Å²) < 4.78 is 1.65. The molecule has 4 heterocycles. The van der Waals surface area contributed by atoms with E-state index < -0.39 is 11.3 Å². The third-order valence-electron chi connectivity index (χ3n) is 7.02. The zero-order valence-electron chi connectivity index (χ0n) is 22.2. The highest BCUT2D eigenvalue weighted by Crippen LogP contribution is 2.32. The minimum Gasteiger partial charge on any atom is -0.378 e. The number of carbonyl (C=O) groups excluding carboxylic acids is 3. The fraction of sp³-hybridized carbons (Fsp3) is 0.407. The summed E-state index contributed by atoms with van der Waals surface area (Å²) in [6.45, 7) is 6.20. The highest BCUT2D eigenvalue weighted by Gasteiger charge is 2.40. The second-order valence-corrected chi connectivity index (χ2v) is 10.4. The van der Waals surface area contributed by atoms with E-state index in [1.54, 1.807) is 49.6 Å². The average Bonchev–Trinajstić information content (AvgIpc) is 3.52. The van der Waals surface area contributed by atoms with Crippen molar-refractivity contribution in [2.75, 3.05) is 32.5 Å². The lowest BCUT2D eigenvalue weighted by molar-refractivity contribution is -0.136. The number of fused-ring (bicyclic) bond motifs is 1. The van der Waals surface area contributed by atoms with Gasteiger partial charge in [-0.15, -0.1) is 0 Å². The van der Waals surface area contributed by atoms with Crippen LogP contribution in [-0.4, -0.2) is 75.3 Å². The topological polar surface area (TPSA) is 150 Å². The van der Waals surface area contributed by atoms with E-state index in [2.05, 4.69) is 21.5 Å². The van der Waals surface area contributed by atoms with Gasteiger partial charge in [0.05, 0.1) is 29.0 Å². The van der Waals surface area contributed by atoms with Gasteiger partial charge in [0.1, 0.15) is 11.1 Å². The number of aromatic nitrogens is 3. The van der Waals surface area contributed by atoms with E-state index >= 15 is 0 Å². The molecule has 0 aromatic carbocycles. The summed E-state index contributed by atoms with van der Waals surface area (Å²) >= 11 is 0. The zero-order valence-corrected chi connectivity index (χ0v) is 22.2. The second-order valence-electron chi connectivity index (χ2n) is 10.4. The normalized spacial score (nSPS) is 17.3. The first-order valence-electron chi connectivity index (χ1n) is 12.4. The first kappa shape index (κ1) is 26.6. The molecule has 3 aromatic heterocycles. The van der Waals surface area contributed by atoms with E-state index in [0.717, 1.165) is 17.5 Å². The molecule has 1 fully saturated rings. The van der Waals surface area contributed by atoms with Gasteiger partial charge in [-0.25, -0.2) is 4.52 Å². The largest absolute Gasteiger partial charge is 0.378 e. The number of nitrogens with two attached hydrogens (primary N) is 1. The molecule has 3 amide bonds. The van der Waals surface area contributed by atoms with Crippen LogP contribution in [0.15, 0.2) is 36.8 Å². The number of nitrogens with zero attached hydrogens (tertiary/aromatic N) is 6. The number of nitrogens with one attached hydrogen (secondary N) is 1. The molecule has 2 atom stereocenters. The van der Waals surface area contributed by atoms with E-state index in [-0.39, 0.29) is 29.3 Å². The molecule has 11 heteroatoms. The molecule has 1 saturated heterocycles. The monoisotopic (exact) mass is 516 g/mol. The molecule has 198 valence electrons. The van der Waals surface area contributed by atoms with Crippen molar-refractivity contribution in [3.8, 4) is 17.2 Å². The summed E-state index contributed by atoms with van der Waals surface area (Å²) in [4.78, 5) is 45.0. The predicted octanol–water partition coefficient (Wildman–Crippen LogP) is 2.40. The Morgan fingerprint density at radius 1 is 1.21 bits per heavy atom. The maximum Gasteiger partial charge on any atom is 0.271 e. The van der Waals surface area contributed by atoms with Crippen molar-refractivity contribution in [3.63, 3.8) is 0 Å². The average molecular weight is 517 g/mol. The van der Waals surface area contributed by atoms with Gasteiger partial charge in [0.2, 0.25) is 5.91 Å². The fourth-order valence-corrected chi connectivity index (χ4v) is 4.72. The number of hydrogen-bond donors (Lipinski definition) is 2. The van der Waals surface area contributed by atoms with Crippen molar-refractivity contribution in [3.05, 3.63) is 48.0 Å². The number of rotatable bonds is 7. The molecule has 0 aliphatic carbocycles. The van der Waals surface area contributed by atoms with Gasteiger partial charge in [-0.05, 0) is 38.3 Å². The Hall–Kier alpha value is -4.46. The lowest BCUT2D eigenvalue weighted by Crippen LogP contribution is -2.40. The SMILES string of the molecule is CC[C@@H]1CN(C(=O)C(C)(C)C#N)C[C@H]1Nc1c(C(N)=O)cnn2cc(-c3ccc(C(=O)N(C)C)nc3)cc12. The molecule has 1 aliphatic heterocycles. The second kappa shape index (κ2) is 10.1. The van der Waals surface area contributed by atoms with Crippen LogP contribution in [0.5, 0.6) is 0 Å². The maximum absolute atomic E-state index is 13.0. The molecule has 3 aromatic rings. The van der Waals surface area contributed by atoms with Crippen molar-refractivity contribution in [1.82, 2.24) is 24.4 Å². The summed E-state index contributed by atoms with van der Waals surface area (Å²) in [5.74, 6) is -0.914. The molecule has 38 heavy (non-hydrogen) atoms. The van der Waals surface area contributed by atoms with Crippen LogP contribution < -0.4 is 11.1 Å². The molecule has 0 saturated carbocycles. The Morgan fingerprint density at radius 2 is 1.95 bits per heavy atom. The highest BCUT2D eigenvalue weighted by atomic mass is 16.2. The van der Waals surface area contributed by atoms with Gasteiger partial charge < -0.3 is 20.9 Å². The molecule has 1 aliphatic rings. The molecular formula is C27H32N8O3. The van der Waals surface area contributed by atoms with Gasteiger partial charge in [0.25, 0.3) is 11.8 Å². The van der Waals surface area contributed by atoms with Gasteiger partial charge in [0.15, 0.2) is 0 Å². The number of amides is 3. The summed E-state index contributed by atoms with van der Waals surface area (Å²) in [5, 5.41) is 17.3. The number of anilines is 1. The van der Waals surface area contributed by atoms with Gasteiger partial charge in [-0.1, -0.05) is 13.0 Å². The quantitative estimate of drug-likeness (QED) is 0.489. The molecule has 11 nitrogen and oxygen atoms in total. The van der Waals surface area contributed by atoms with Crippen LogP contribution in [0.25, 0.3) is 16.6 Å². The number of primary amides is 1. The molecular weight excluding hydrogens is 484 g/mol. The van der Waals surface area contributed by atoms with Crippen LogP contribution in [0.4, 0.5) is 5.69 Å². The molecule has 0 radical (unpaired) electrons. The summed E-state index contributed by atoms with van der Waals surface area (Å²) in [6, 6.07) is 7.29. The summed E-state index contributed by atoms with van der Waals surface area (Å²) in [6.07, 6.45) is 5.67. The Labute approximate surface area is 221 Å². The standard InChI is InChI=1S/C27H32N8O3/c1-6-16-12-34(26(38)27(2,3)15-28)14-21(16)32-23-19(24(29)36)11-31-35-13-18(9-22(23)35)17-7-8-20(30-10-17)25(37)33(4)5/h7-11,13,16,21,32H,6,12,14H2,1-5H3,(H2,29,36)/t16-,21-/m1/s1. The molecule has 0 bridgehead atoms. The Morgan fingerprint density at radius 3 is 2.53 bits per heavy atom. The predicted molar refractivity (Wildman–Crippen MR) is 142 cm³/mol. The minimum absolute atomic E-state index is 0.114. The van der Waals surface area contributed by atoms with Crippen molar-refractivity contribution in [1.29, 1.82) is 5.26 Å². The van der Waals surface area contributed by atoms with Crippen LogP contribution in [0, 0.1) is 22.7 Å². The Kier molecular flexibility index (Phi) is 7.09. The Balaban J connectivity index is 1.69. The lowest BCUT2D eigenvalue weighted by Gasteiger charge is -2.24. The van der Waals surface area contributed by atoms with Crippen LogP contribution in [-0.2, 0) is 4.79 Å². The molecule has 0 spiro atoms. The third-order valence-corrected chi connectivity index (χ3v) is 7.02. The number of likely N-dealkylation sites (tertiary alicyclic amines) is 1. The van der Waals surface area contributed by atoms with Gasteiger partial charge in [-0.3, -0.25) is 19.4 Å². The molecule has 0 unspecified atom stereocenters. The molecule has 3 N–H and O–H groups in total. The van der Waals surface area contributed by atoms with Crippen molar-refractivity contribution >= 4 is 28.9 Å². The summed E-state index contributed by atoms with van der Waals surface area (Å²) in [5.41, 5.74) is 7.91. The van der Waals surface area contributed by atoms with E-state index in [4.69, 9.17) is 5.73 Å². The first-order valence-corrected chi connectivity index (χ1v) is 12.4. The van der Waals surface area contributed by atoms with Crippen molar-refractivity contribution in [2.24, 2.45) is 17.1 Å². The number of carbonyl (C=O) groups is 3. The van der Waals surface area contributed by atoms with E-state index in [1.165, 1.54) is 11.1 Å². The molecule has 4 rings (SSSR count).